The Labute approximate surface area is 179 Å². The third-order valence-corrected chi connectivity index (χ3v) is 4.77. The summed E-state index contributed by atoms with van der Waals surface area (Å²) in [5, 5.41) is 3.87. The van der Waals surface area contributed by atoms with E-state index >= 15 is 0 Å². The Morgan fingerprint density at radius 3 is 2.40 bits per heavy atom. The SMILES string of the molecule is CCOC(=O)c1[nH]c2cc(Cl)cc(Cl)c2c1NCC(=O)c1ccc(C(F)(F)F)cc1. The largest absolute Gasteiger partial charge is 0.461 e. The molecule has 10 heteroatoms. The minimum atomic E-state index is -4.49. The van der Waals surface area contributed by atoms with E-state index in [-0.39, 0.29) is 35.1 Å². The van der Waals surface area contributed by atoms with Gasteiger partial charge in [0.2, 0.25) is 0 Å². The average molecular weight is 459 g/mol. The second kappa shape index (κ2) is 8.57. The lowest BCUT2D eigenvalue weighted by molar-refractivity contribution is -0.137. The molecule has 30 heavy (non-hydrogen) atoms. The van der Waals surface area contributed by atoms with Crippen LogP contribution in [-0.2, 0) is 10.9 Å². The number of hydrogen-bond donors (Lipinski definition) is 2. The average Bonchev–Trinajstić information content (AvgIpc) is 3.04. The monoisotopic (exact) mass is 458 g/mol. The number of fused-ring (bicyclic) bond motifs is 1. The van der Waals surface area contributed by atoms with Crippen molar-refractivity contribution in [2.75, 3.05) is 18.5 Å². The molecule has 0 saturated carbocycles. The van der Waals surface area contributed by atoms with Crippen LogP contribution in [0.4, 0.5) is 18.9 Å². The Morgan fingerprint density at radius 1 is 1.13 bits per heavy atom. The van der Waals surface area contributed by atoms with Crippen molar-refractivity contribution >= 4 is 51.5 Å². The van der Waals surface area contributed by atoms with Gasteiger partial charge in [-0.25, -0.2) is 4.79 Å². The normalized spacial score (nSPS) is 11.5. The number of rotatable bonds is 6. The molecule has 0 amide bonds. The van der Waals surface area contributed by atoms with Crippen LogP contribution >= 0.6 is 23.2 Å². The molecule has 0 spiro atoms. The van der Waals surface area contributed by atoms with Crippen LogP contribution in [-0.4, -0.2) is 29.9 Å². The first kappa shape index (κ1) is 22.0. The van der Waals surface area contributed by atoms with Crippen molar-refractivity contribution in [3.63, 3.8) is 0 Å². The molecule has 3 rings (SSSR count). The molecule has 0 unspecified atom stereocenters. The standard InChI is InChI=1S/C20H15Cl2F3N2O3/c1-2-30-19(29)18-17(16-13(22)7-12(21)8-14(16)27-18)26-9-15(28)10-3-5-11(6-4-10)20(23,24)25/h3-8,26-27H,2,9H2,1H3. The van der Waals surface area contributed by atoms with Gasteiger partial charge in [-0.1, -0.05) is 35.3 Å². The molecular formula is C20H15Cl2F3N2O3. The zero-order valence-electron chi connectivity index (χ0n) is 15.5. The van der Waals surface area contributed by atoms with E-state index in [2.05, 4.69) is 10.3 Å². The van der Waals surface area contributed by atoms with E-state index in [4.69, 9.17) is 27.9 Å². The smallest absolute Gasteiger partial charge is 0.416 e. The second-order valence-electron chi connectivity index (χ2n) is 6.26. The maximum Gasteiger partial charge on any atom is 0.416 e. The lowest BCUT2D eigenvalue weighted by atomic mass is 10.1. The maximum absolute atomic E-state index is 12.7. The third kappa shape index (κ3) is 4.55. The maximum atomic E-state index is 12.7. The predicted molar refractivity (Wildman–Crippen MR) is 109 cm³/mol. The van der Waals surface area contributed by atoms with Crippen LogP contribution in [0.3, 0.4) is 0 Å². The minimum Gasteiger partial charge on any atom is -0.461 e. The molecule has 1 aromatic heterocycles. The van der Waals surface area contributed by atoms with Gasteiger partial charge in [-0.3, -0.25) is 4.79 Å². The zero-order chi connectivity index (χ0) is 22.1. The number of nitrogens with one attached hydrogen (secondary N) is 2. The fourth-order valence-corrected chi connectivity index (χ4v) is 3.49. The predicted octanol–water partition coefficient (Wildman–Crippen LogP) is 5.97. The van der Waals surface area contributed by atoms with Gasteiger partial charge in [-0.2, -0.15) is 13.2 Å². The summed E-state index contributed by atoms with van der Waals surface area (Å²) in [6, 6.07) is 6.91. The molecule has 0 saturated heterocycles. The van der Waals surface area contributed by atoms with Gasteiger partial charge in [-0.05, 0) is 31.2 Å². The third-order valence-electron chi connectivity index (χ3n) is 4.25. The van der Waals surface area contributed by atoms with E-state index in [9.17, 15) is 22.8 Å². The number of ketones is 1. The van der Waals surface area contributed by atoms with Crippen LogP contribution < -0.4 is 5.32 Å². The molecule has 0 bridgehead atoms. The van der Waals surface area contributed by atoms with Crippen molar-refractivity contribution in [1.29, 1.82) is 0 Å². The minimum absolute atomic E-state index is 0.0521. The number of aromatic nitrogens is 1. The number of halogens is 5. The van der Waals surface area contributed by atoms with Crippen molar-refractivity contribution in [1.82, 2.24) is 4.98 Å². The first-order valence-corrected chi connectivity index (χ1v) is 9.49. The van der Waals surface area contributed by atoms with Crippen molar-refractivity contribution < 1.29 is 27.5 Å². The molecule has 2 aromatic carbocycles. The van der Waals surface area contributed by atoms with E-state index in [0.29, 0.717) is 15.9 Å². The van der Waals surface area contributed by atoms with Gasteiger partial charge in [0.1, 0.15) is 5.69 Å². The van der Waals surface area contributed by atoms with Crippen molar-refractivity contribution in [2.45, 2.75) is 13.1 Å². The Kier molecular flexibility index (Phi) is 6.28. The first-order valence-electron chi connectivity index (χ1n) is 8.74. The van der Waals surface area contributed by atoms with Gasteiger partial charge in [-0.15, -0.1) is 0 Å². The quantitative estimate of drug-likeness (QED) is 0.352. The number of esters is 1. The Morgan fingerprint density at radius 2 is 1.80 bits per heavy atom. The molecule has 0 radical (unpaired) electrons. The number of benzene rings is 2. The molecule has 1 heterocycles. The molecule has 5 nitrogen and oxygen atoms in total. The summed E-state index contributed by atoms with van der Waals surface area (Å²) in [5.41, 5.74) is -0.0132. The number of anilines is 1. The van der Waals surface area contributed by atoms with Gasteiger partial charge in [0.25, 0.3) is 0 Å². The summed E-state index contributed by atoms with van der Waals surface area (Å²) in [7, 11) is 0. The highest BCUT2D eigenvalue weighted by Gasteiger charge is 2.30. The van der Waals surface area contributed by atoms with Crippen LogP contribution in [0.15, 0.2) is 36.4 Å². The fraction of sp³-hybridized carbons (Fsp3) is 0.200. The molecule has 0 aliphatic heterocycles. The topological polar surface area (TPSA) is 71.2 Å². The van der Waals surface area contributed by atoms with Gasteiger partial charge in [0, 0.05) is 16.0 Å². The highest BCUT2D eigenvalue weighted by molar-refractivity contribution is 6.40. The molecule has 2 N–H and O–H groups in total. The molecule has 0 aliphatic carbocycles. The van der Waals surface area contributed by atoms with E-state index in [1.807, 2.05) is 0 Å². The lowest BCUT2D eigenvalue weighted by Crippen LogP contribution is -2.17. The van der Waals surface area contributed by atoms with E-state index in [0.717, 1.165) is 24.3 Å². The molecule has 158 valence electrons. The number of ether oxygens (including phenoxy) is 1. The number of aromatic amines is 1. The van der Waals surface area contributed by atoms with Crippen LogP contribution in [0.25, 0.3) is 10.9 Å². The second-order valence-corrected chi connectivity index (χ2v) is 7.10. The number of carbonyl (C=O) groups is 2. The van der Waals surface area contributed by atoms with E-state index < -0.39 is 23.5 Å². The fourth-order valence-electron chi connectivity index (χ4n) is 2.90. The van der Waals surface area contributed by atoms with Crippen LogP contribution in [0.5, 0.6) is 0 Å². The molecule has 0 fully saturated rings. The number of H-pyrrole nitrogens is 1. The van der Waals surface area contributed by atoms with Crippen LogP contribution in [0, 0.1) is 0 Å². The van der Waals surface area contributed by atoms with E-state index in [1.54, 1.807) is 13.0 Å². The Hall–Kier alpha value is -2.71. The summed E-state index contributed by atoms with van der Waals surface area (Å²) < 4.78 is 43.1. The van der Waals surface area contributed by atoms with Crippen LogP contribution in [0.2, 0.25) is 10.0 Å². The molecule has 3 aromatic rings. The van der Waals surface area contributed by atoms with Gasteiger partial charge in [0.15, 0.2) is 5.78 Å². The van der Waals surface area contributed by atoms with Gasteiger partial charge in [0.05, 0.1) is 34.9 Å². The first-order chi connectivity index (χ1) is 14.1. The Balaban J connectivity index is 1.90. The summed E-state index contributed by atoms with van der Waals surface area (Å²) in [6.07, 6.45) is -4.49. The van der Waals surface area contributed by atoms with Crippen molar-refractivity contribution in [3.05, 3.63) is 63.3 Å². The highest BCUT2D eigenvalue weighted by Crippen LogP contribution is 2.36. The molecule has 0 atom stereocenters. The van der Waals surface area contributed by atoms with Crippen molar-refractivity contribution in [2.24, 2.45) is 0 Å². The number of carbonyl (C=O) groups excluding carboxylic acids is 2. The molecular weight excluding hydrogens is 444 g/mol. The number of Topliss-reactive ketones (excluding diaryl/α,β-unsaturated/α-hetero) is 1. The highest BCUT2D eigenvalue weighted by atomic mass is 35.5. The summed E-state index contributed by atoms with van der Waals surface area (Å²) in [6.45, 7) is 1.49. The van der Waals surface area contributed by atoms with E-state index in [1.165, 1.54) is 6.07 Å². The number of hydrogen-bond acceptors (Lipinski definition) is 4. The summed E-state index contributed by atoms with van der Waals surface area (Å²) in [4.78, 5) is 27.7. The van der Waals surface area contributed by atoms with Crippen LogP contribution in [0.1, 0.15) is 33.3 Å². The lowest BCUT2D eigenvalue weighted by Gasteiger charge is -2.10. The molecule has 0 aliphatic rings. The van der Waals surface area contributed by atoms with Gasteiger partial charge < -0.3 is 15.0 Å². The number of alkyl halides is 3. The Bertz CT molecular complexity index is 1110. The van der Waals surface area contributed by atoms with Crippen molar-refractivity contribution in [3.8, 4) is 0 Å². The summed E-state index contributed by atoms with van der Waals surface area (Å²) in [5.74, 6) is -1.14. The summed E-state index contributed by atoms with van der Waals surface area (Å²) >= 11 is 12.3. The zero-order valence-corrected chi connectivity index (χ0v) is 17.0. The van der Waals surface area contributed by atoms with Gasteiger partial charge >= 0.3 is 12.1 Å².